The van der Waals surface area contributed by atoms with Gasteiger partial charge in [-0.3, -0.25) is 4.79 Å². The van der Waals surface area contributed by atoms with Crippen LogP contribution in [-0.4, -0.2) is 50.7 Å². The third-order valence-corrected chi connectivity index (χ3v) is 6.75. The molecule has 4 rings (SSSR count). The van der Waals surface area contributed by atoms with E-state index in [1.54, 1.807) is 11.0 Å². The lowest BCUT2D eigenvalue weighted by Crippen LogP contribution is -2.53. The summed E-state index contributed by atoms with van der Waals surface area (Å²) in [5, 5.41) is 9.06. The number of anilines is 1. The van der Waals surface area contributed by atoms with Crippen molar-refractivity contribution < 1.29 is 31.5 Å². The molecule has 2 fully saturated rings. The number of carbonyl (C=O) groups excluding carboxylic acids is 1. The van der Waals surface area contributed by atoms with Gasteiger partial charge in [0.1, 0.15) is 0 Å². The molecular weight excluding hydrogens is 457 g/mol. The average molecular weight is 479 g/mol. The minimum absolute atomic E-state index is 0.0293. The van der Waals surface area contributed by atoms with E-state index in [1.165, 1.54) is 25.3 Å². The van der Waals surface area contributed by atoms with E-state index in [2.05, 4.69) is 0 Å². The van der Waals surface area contributed by atoms with Crippen LogP contribution in [0.3, 0.4) is 0 Å². The maximum absolute atomic E-state index is 13.7. The molecule has 2 saturated heterocycles. The molecule has 34 heavy (non-hydrogen) atoms. The Kier molecular flexibility index (Phi) is 6.25. The topological polar surface area (TPSA) is 56.6 Å². The number of hydrogen-bond acceptors (Lipinski definition) is 4. The summed E-state index contributed by atoms with van der Waals surface area (Å²) in [4.78, 5) is 16.4. The normalized spacial score (nSPS) is 22.4. The van der Waals surface area contributed by atoms with Crippen molar-refractivity contribution in [2.45, 2.75) is 12.6 Å². The average Bonchev–Trinajstić information content (AvgIpc) is 3.18. The Labute approximate surface area is 193 Å². The Hall–Kier alpha value is -3.19. The quantitative estimate of drug-likeness (QED) is 0.608. The summed E-state index contributed by atoms with van der Waals surface area (Å²) in [5.41, 5.74) is -1.61. The number of rotatable bonds is 4. The van der Waals surface area contributed by atoms with E-state index >= 15 is 0 Å². The zero-order chi connectivity index (χ0) is 24.7. The largest absolute Gasteiger partial charge is 0.417 e. The standard InChI is InChI=1S/C24H22F5N3O2/c1-34-14-23-12-31(22(33)15-3-5-20(25)21(26)8-15)7-6-17(23)11-32(13-23)18-4-2-16(10-30)19(9-18)24(27,28)29/h2-5,8-9,17H,6-7,11-14H2,1H3/t17-,23+/m1/s1. The highest BCUT2D eigenvalue weighted by Crippen LogP contribution is 2.45. The van der Waals surface area contributed by atoms with E-state index in [0.717, 1.165) is 18.2 Å². The molecule has 0 aliphatic carbocycles. The fraction of sp³-hybridized carbons (Fsp3) is 0.417. The van der Waals surface area contributed by atoms with Crippen LogP contribution in [0.4, 0.5) is 27.6 Å². The molecule has 0 bridgehead atoms. The van der Waals surface area contributed by atoms with Gasteiger partial charge in [0.15, 0.2) is 11.6 Å². The highest BCUT2D eigenvalue weighted by atomic mass is 19.4. The van der Waals surface area contributed by atoms with Crippen LogP contribution in [0.15, 0.2) is 36.4 Å². The van der Waals surface area contributed by atoms with Gasteiger partial charge in [-0.05, 0) is 48.7 Å². The van der Waals surface area contributed by atoms with Gasteiger partial charge in [0, 0.05) is 50.0 Å². The maximum atomic E-state index is 13.7. The van der Waals surface area contributed by atoms with E-state index < -0.39 is 40.3 Å². The summed E-state index contributed by atoms with van der Waals surface area (Å²) >= 11 is 0. The molecule has 2 aromatic rings. The minimum Gasteiger partial charge on any atom is -0.384 e. The van der Waals surface area contributed by atoms with Crippen molar-refractivity contribution in [2.75, 3.05) is 44.8 Å². The summed E-state index contributed by atoms with van der Waals surface area (Å²) in [7, 11) is 1.52. The van der Waals surface area contributed by atoms with Crippen molar-refractivity contribution >= 4 is 11.6 Å². The second-order valence-electron chi connectivity index (χ2n) is 8.86. The Morgan fingerprint density at radius 2 is 1.94 bits per heavy atom. The van der Waals surface area contributed by atoms with Crippen molar-refractivity contribution in [2.24, 2.45) is 11.3 Å². The molecular formula is C24H22F5N3O2. The molecule has 0 radical (unpaired) electrons. The lowest BCUT2D eigenvalue weighted by Gasteiger charge is -2.43. The molecule has 2 aliphatic rings. The van der Waals surface area contributed by atoms with E-state index in [0.29, 0.717) is 31.7 Å². The van der Waals surface area contributed by atoms with Crippen LogP contribution in [0, 0.1) is 34.3 Å². The molecule has 180 valence electrons. The lowest BCUT2D eigenvalue weighted by atomic mass is 9.73. The number of fused-ring (bicyclic) bond motifs is 1. The number of nitrogens with zero attached hydrogens (tertiary/aromatic N) is 3. The maximum Gasteiger partial charge on any atom is 0.417 e. The molecule has 0 unspecified atom stereocenters. The Morgan fingerprint density at radius 1 is 1.18 bits per heavy atom. The number of halogens is 5. The number of hydrogen-bond donors (Lipinski definition) is 0. The number of likely N-dealkylation sites (tertiary alicyclic amines) is 1. The molecule has 0 spiro atoms. The Balaban J connectivity index is 1.60. The number of alkyl halides is 3. The third kappa shape index (κ3) is 4.32. The van der Waals surface area contributed by atoms with Crippen LogP contribution >= 0.6 is 0 Å². The molecule has 0 aromatic heterocycles. The molecule has 2 aromatic carbocycles. The van der Waals surface area contributed by atoms with Crippen molar-refractivity contribution in [1.29, 1.82) is 5.26 Å². The van der Waals surface area contributed by atoms with Crippen molar-refractivity contribution in [3.63, 3.8) is 0 Å². The molecule has 5 nitrogen and oxygen atoms in total. The first-order valence-electron chi connectivity index (χ1n) is 10.7. The molecule has 0 saturated carbocycles. The highest BCUT2D eigenvalue weighted by molar-refractivity contribution is 5.94. The monoisotopic (exact) mass is 479 g/mol. The number of ether oxygens (including phenoxy) is 1. The predicted octanol–water partition coefficient (Wildman–Crippen LogP) is 4.47. The zero-order valence-electron chi connectivity index (χ0n) is 18.3. The minimum atomic E-state index is -4.66. The first kappa shape index (κ1) is 24.0. The molecule has 0 N–H and O–H groups in total. The van der Waals surface area contributed by atoms with Gasteiger partial charge in [0.2, 0.25) is 0 Å². The number of carbonyl (C=O) groups is 1. The number of piperidine rings is 1. The third-order valence-electron chi connectivity index (χ3n) is 6.75. The van der Waals surface area contributed by atoms with Gasteiger partial charge < -0.3 is 14.5 Å². The van der Waals surface area contributed by atoms with E-state index in [9.17, 15) is 26.7 Å². The van der Waals surface area contributed by atoms with Gasteiger partial charge in [-0.1, -0.05) is 0 Å². The number of amides is 1. The van der Waals surface area contributed by atoms with Gasteiger partial charge in [-0.2, -0.15) is 18.4 Å². The fourth-order valence-corrected chi connectivity index (χ4v) is 5.12. The van der Waals surface area contributed by atoms with Crippen molar-refractivity contribution in [1.82, 2.24) is 4.90 Å². The van der Waals surface area contributed by atoms with E-state index in [-0.39, 0.29) is 24.6 Å². The second-order valence-corrected chi connectivity index (χ2v) is 8.86. The van der Waals surface area contributed by atoms with Crippen LogP contribution in [0.25, 0.3) is 0 Å². The van der Waals surface area contributed by atoms with Gasteiger partial charge >= 0.3 is 6.18 Å². The van der Waals surface area contributed by atoms with Crippen LogP contribution in [0.2, 0.25) is 0 Å². The molecule has 2 aliphatic heterocycles. The SMILES string of the molecule is COC[C@@]12CN(C(=O)c3ccc(F)c(F)c3)CC[C@@H]1CN(c1ccc(C#N)c(C(F)(F)F)c1)C2. The number of nitriles is 1. The summed E-state index contributed by atoms with van der Waals surface area (Å²) in [6.07, 6.45) is -4.08. The van der Waals surface area contributed by atoms with E-state index in [1.807, 2.05) is 4.90 Å². The second kappa shape index (κ2) is 8.87. The summed E-state index contributed by atoms with van der Waals surface area (Å²) in [6.45, 7) is 1.74. The summed E-state index contributed by atoms with van der Waals surface area (Å²) in [5.74, 6) is -2.55. The van der Waals surface area contributed by atoms with Crippen molar-refractivity contribution in [3.8, 4) is 6.07 Å². The molecule has 10 heteroatoms. The van der Waals surface area contributed by atoms with Gasteiger partial charge in [-0.15, -0.1) is 0 Å². The van der Waals surface area contributed by atoms with Gasteiger partial charge in [-0.25, -0.2) is 8.78 Å². The molecule has 2 heterocycles. The van der Waals surface area contributed by atoms with Crippen molar-refractivity contribution in [3.05, 3.63) is 64.7 Å². The molecule has 2 atom stereocenters. The first-order valence-corrected chi connectivity index (χ1v) is 10.7. The number of methoxy groups -OCH3 is 1. The fourth-order valence-electron chi connectivity index (χ4n) is 5.12. The predicted molar refractivity (Wildman–Crippen MR) is 113 cm³/mol. The van der Waals surface area contributed by atoms with Crippen LogP contribution < -0.4 is 4.90 Å². The Morgan fingerprint density at radius 3 is 2.59 bits per heavy atom. The Bertz CT molecular complexity index is 1150. The summed E-state index contributed by atoms with van der Waals surface area (Å²) < 4.78 is 72.8. The van der Waals surface area contributed by atoms with Crippen LogP contribution in [0.1, 0.15) is 27.9 Å². The van der Waals surface area contributed by atoms with Gasteiger partial charge in [0.25, 0.3) is 5.91 Å². The molecule has 1 amide bonds. The lowest BCUT2D eigenvalue weighted by molar-refractivity contribution is -0.137. The first-order chi connectivity index (χ1) is 16.1. The highest BCUT2D eigenvalue weighted by Gasteiger charge is 2.51. The van der Waals surface area contributed by atoms with Gasteiger partial charge in [0.05, 0.1) is 23.8 Å². The number of benzene rings is 2. The summed E-state index contributed by atoms with van der Waals surface area (Å²) in [6, 6.07) is 8.23. The smallest absolute Gasteiger partial charge is 0.384 e. The van der Waals surface area contributed by atoms with Crippen LogP contribution in [-0.2, 0) is 10.9 Å². The van der Waals surface area contributed by atoms with Crippen LogP contribution in [0.5, 0.6) is 0 Å². The zero-order valence-corrected chi connectivity index (χ0v) is 18.3. The van der Waals surface area contributed by atoms with E-state index in [4.69, 9.17) is 10.00 Å².